The summed E-state index contributed by atoms with van der Waals surface area (Å²) in [5.41, 5.74) is 6.69. The molecule has 0 radical (unpaired) electrons. The second-order valence-electron chi connectivity index (χ2n) is 5.11. The molecular formula is C12H16N4O4S. The number of carbonyl (C=O) groups is 1. The molecule has 0 amide bonds. The molecule has 1 aliphatic carbocycles. The van der Waals surface area contributed by atoms with Gasteiger partial charge in [-0.3, -0.25) is 5.73 Å². The van der Waals surface area contributed by atoms with E-state index in [2.05, 4.69) is 4.99 Å². The Labute approximate surface area is 122 Å². The number of fused-ring (bicyclic) bond motifs is 1. The number of hydrogen-bond donors (Lipinski definition) is 2. The third-order valence-corrected chi connectivity index (χ3v) is 5.68. The van der Waals surface area contributed by atoms with Crippen LogP contribution in [0.1, 0.15) is 19.3 Å². The van der Waals surface area contributed by atoms with Crippen LogP contribution in [0.25, 0.3) is 0 Å². The topological polar surface area (TPSA) is 116 Å². The molecule has 0 saturated carbocycles. The van der Waals surface area contributed by atoms with Gasteiger partial charge in [0.05, 0.1) is 11.4 Å². The van der Waals surface area contributed by atoms with E-state index in [-0.39, 0.29) is 12.0 Å². The Hall–Kier alpha value is -1.71. The van der Waals surface area contributed by atoms with E-state index in [0.29, 0.717) is 24.5 Å². The van der Waals surface area contributed by atoms with Crippen molar-refractivity contribution in [1.82, 2.24) is 8.61 Å². The molecule has 3 aliphatic rings. The second-order valence-corrected chi connectivity index (χ2v) is 6.91. The minimum Gasteiger partial charge on any atom is -0.478 e. The summed E-state index contributed by atoms with van der Waals surface area (Å²) in [6, 6.07) is 0. The van der Waals surface area contributed by atoms with Crippen molar-refractivity contribution in [3.05, 3.63) is 23.4 Å². The van der Waals surface area contributed by atoms with Gasteiger partial charge in [0.25, 0.3) is 0 Å². The van der Waals surface area contributed by atoms with Gasteiger partial charge in [0.1, 0.15) is 0 Å². The Bertz CT molecular complexity index is 673. The first kappa shape index (κ1) is 14.2. The molecule has 1 saturated heterocycles. The lowest BCUT2D eigenvalue weighted by molar-refractivity contribution is -0.132. The number of nitrogens with zero attached hydrogens (tertiary/aromatic N) is 3. The van der Waals surface area contributed by atoms with Gasteiger partial charge < -0.3 is 5.11 Å². The highest BCUT2D eigenvalue weighted by molar-refractivity contribution is 7.87. The number of nitrogens with two attached hydrogens (primary N) is 1. The standard InChI is InChI=1S/C12H16N4O4S/c13-12-14-9-7-8(11(17)18)3-4-10(9)16(12)21(19,20)15-5-1-2-6-15/h4,7,12H,1-3,5-6,13H2,(H,17,18). The van der Waals surface area contributed by atoms with Gasteiger partial charge in [0.15, 0.2) is 6.29 Å². The monoisotopic (exact) mass is 312 g/mol. The molecule has 2 heterocycles. The summed E-state index contributed by atoms with van der Waals surface area (Å²) in [6.45, 7) is 0.953. The summed E-state index contributed by atoms with van der Waals surface area (Å²) in [6.07, 6.45) is 3.72. The fourth-order valence-electron chi connectivity index (χ4n) is 2.71. The number of allylic oxidation sites excluding steroid dienone is 2. The van der Waals surface area contributed by atoms with Crippen LogP contribution in [0.3, 0.4) is 0 Å². The van der Waals surface area contributed by atoms with Gasteiger partial charge in [0, 0.05) is 18.7 Å². The number of carboxylic acid groups (broad SMARTS) is 1. The van der Waals surface area contributed by atoms with Crippen molar-refractivity contribution < 1.29 is 18.3 Å². The van der Waals surface area contributed by atoms with Crippen LogP contribution < -0.4 is 5.73 Å². The first-order valence-electron chi connectivity index (χ1n) is 6.68. The maximum Gasteiger partial charge on any atom is 0.331 e. The van der Waals surface area contributed by atoms with Crippen LogP contribution in [0, 0.1) is 0 Å². The lowest BCUT2D eigenvalue weighted by atomic mass is 10.0. The van der Waals surface area contributed by atoms with E-state index >= 15 is 0 Å². The first-order valence-corrected chi connectivity index (χ1v) is 8.08. The fraction of sp³-hybridized carbons (Fsp3) is 0.500. The summed E-state index contributed by atoms with van der Waals surface area (Å²) in [4.78, 5) is 15.1. The van der Waals surface area contributed by atoms with Crippen molar-refractivity contribution >= 4 is 21.9 Å². The van der Waals surface area contributed by atoms with Crippen LogP contribution in [-0.4, -0.2) is 53.2 Å². The highest BCUT2D eigenvalue weighted by Crippen LogP contribution is 2.31. The van der Waals surface area contributed by atoms with Crippen molar-refractivity contribution in [3.8, 4) is 0 Å². The Morgan fingerprint density at radius 1 is 1.38 bits per heavy atom. The van der Waals surface area contributed by atoms with Crippen molar-refractivity contribution in [2.45, 2.75) is 25.6 Å². The van der Waals surface area contributed by atoms with Gasteiger partial charge in [0.2, 0.25) is 0 Å². The van der Waals surface area contributed by atoms with Gasteiger partial charge in [-0.15, -0.1) is 0 Å². The van der Waals surface area contributed by atoms with E-state index in [0.717, 1.165) is 17.1 Å². The molecular weight excluding hydrogens is 296 g/mol. The number of carboxylic acids is 1. The zero-order chi connectivity index (χ0) is 15.2. The van der Waals surface area contributed by atoms with Gasteiger partial charge >= 0.3 is 16.2 Å². The third kappa shape index (κ3) is 2.27. The largest absolute Gasteiger partial charge is 0.478 e. The summed E-state index contributed by atoms with van der Waals surface area (Å²) in [5.74, 6) is -1.04. The summed E-state index contributed by atoms with van der Waals surface area (Å²) in [7, 11) is -3.71. The quantitative estimate of drug-likeness (QED) is 0.737. The second kappa shape index (κ2) is 4.93. The van der Waals surface area contributed by atoms with Crippen LogP contribution in [0.2, 0.25) is 0 Å². The number of aliphatic imine (C=N–C) groups is 1. The van der Waals surface area contributed by atoms with Crippen LogP contribution in [0.15, 0.2) is 28.4 Å². The van der Waals surface area contributed by atoms with E-state index in [1.165, 1.54) is 10.4 Å². The number of hydrogen-bond acceptors (Lipinski definition) is 5. The molecule has 2 aliphatic heterocycles. The maximum absolute atomic E-state index is 12.6. The molecule has 0 aromatic heterocycles. The molecule has 0 aromatic carbocycles. The molecule has 0 bridgehead atoms. The molecule has 0 spiro atoms. The van der Waals surface area contributed by atoms with E-state index in [1.807, 2.05) is 0 Å². The van der Waals surface area contributed by atoms with Gasteiger partial charge in [-0.2, -0.15) is 12.7 Å². The maximum atomic E-state index is 12.6. The highest BCUT2D eigenvalue weighted by Gasteiger charge is 2.41. The Morgan fingerprint density at radius 2 is 2.05 bits per heavy atom. The van der Waals surface area contributed by atoms with Gasteiger partial charge in [-0.25, -0.2) is 14.1 Å². The van der Waals surface area contributed by atoms with Crippen molar-refractivity contribution in [1.29, 1.82) is 0 Å². The molecule has 0 aromatic rings. The number of aliphatic carboxylic acids is 1. The van der Waals surface area contributed by atoms with E-state index in [4.69, 9.17) is 10.8 Å². The molecule has 1 unspecified atom stereocenters. The SMILES string of the molecule is NC1N=C2C=C(C(=O)O)CC=C2N1S(=O)(=O)N1CCCC1. The zero-order valence-corrected chi connectivity index (χ0v) is 12.1. The molecule has 8 nitrogen and oxygen atoms in total. The number of rotatable bonds is 3. The predicted octanol–water partition coefficient (Wildman–Crippen LogP) is -0.375. The van der Waals surface area contributed by atoms with E-state index < -0.39 is 22.5 Å². The van der Waals surface area contributed by atoms with Gasteiger partial charge in [-0.05, 0) is 25.3 Å². The van der Waals surface area contributed by atoms with Gasteiger partial charge in [-0.1, -0.05) is 6.08 Å². The van der Waals surface area contributed by atoms with Crippen molar-refractivity contribution in [3.63, 3.8) is 0 Å². The Morgan fingerprint density at radius 3 is 2.67 bits per heavy atom. The summed E-state index contributed by atoms with van der Waals surface area (Å²) >= 11 is 0. The minimum atomic E-state index is -3.71. The molecule has 1 atom stereocenters. The highest BCUT2D eigenvalue weighted by atomic mass is 32.2. The van der Waals surface area contributed by atoms with Crippen LogP contribution in [-0.2, 0) is 15.0 Å². The van der Waals surface area contributed by atoms with Crippen molar-refractivity contribution in [2.75, 3.05) is 13.1 Å². The van der Waals surface area contributed by atoms with E-state index in [1.54, 1.807) is 6.08 Å². The molecule has 21 heavy (non-hydrogen) atoms. The third-order valence-electron chi connectivity index (χ3n) is 3.75. The molecule has 1 fully saturated rings. The van der Waals surface area contributed by atoms with Crippen LogP contribution in [0.5, 0.6) is 0 Å². The minimum absolute atomic E-state index is 0.155. The van der Waals surface area contributed by atoms with Crippen molar-refractivity contribution in [2.24, 2.45) is 10.7 Å². The fourth-order valence-corrected chi connectivity index (χ4v) is 4.41. The zero-order valence-electron chi connectivity index (χ0n) is 11.3. The summed E-state index contributed by atoms with van der Waals surface area (Å²) in [5, 5.41) is 9.00. The molecule has 3 rings (SSSR count). The summed E-state index contributed by atoms with van der Waals surface area (Å²) < 4.78 is 27.8. The average molecular weight is 312 g/mol. The molecule has 114 valence electrons. The van der Waals surface area contributed by atoms with Crippen LogP contribution >= 0.6 is 0 Å². The lowest BCUT2D eigenvalue weighted by Gasteiger charge is -2.29. The first-order chi connectivity index (χ1) is 9.91. The van der Waals surface area contributed by atoms with E-state index in [9.17, 15) is 13.2 Å². The Kier molecular flexibility index (Phi) is 3.34. The lowest BCUT2D eigenvalue weighted by Crippen LogP contribution is -2.48. The molecule has 3 N–H and O–H groups in total. The predicted molar refractivity (Wildman–Crippen MR) is 75.4 cm³/mol. The Balaban J connectivity index is 1.93. The normalized spacial score (nSPS) is 26.2. The smallest absolute Gasteiger partial charge is 0.331 e. The average Bonchev–Trinajstić information content (AvgIpc) is 3.04. The molecule has 9 heteroatoms. The van der Waals surface area contributed by atoms with Crippen LogP contribution in [0.4, 0.5) is 0 Å².